The predicted octanol–water partition coefficient (Wildman–Crippen LogP) is 5.62. The van der Waals surface area contributed by atoms with Crippen LogP contribution in [0.2, 0.25) is 0 Å². The normalized spacial score (nSPS) is 24.8. The zero-order chi connectivity index (χ0) is 18.6. The van der Waals surface area contributed by atoms with Gasteiger partial charge in [-0.15, -0.1) is 0 Å². The van der Waals surface area contributed by atoms with Crippen molar-refractivity contribution in [3.63, 3.8) is 0 Å². The Labute approximate surface area is 160 Å². The lowest BCUT2D eigenvalue weighted by atomic mass is 9.52. The van der Waals surface area contributed by atoms with Gasteiger partial charge >= 0.3 is 0 Å². The molecule has 0 fully saturated rings. The number of hydrogen-bond acceptors (Lipinski definition) is 1. The highest BCUT2D eigenvalue weighted by Crippen LogP contribution is 2.61. The van der Waals surface area contributed by atoms with Gasteiger partial charge in [-0.2, -0.15) is 0 Å². The Morgan fingerprint density at radius 3 is 2.07 bits per heavy atom. The molecule has 0 saturated carbocycles. The summed E-state index contributed by atoms with van der Waals surface area (Å²) in [5, 5.41) is 3.20. The molecule has 0 saturated heterocycles. The van der Waals surface area contributed by atoms with E-state index in [0.29, 0.717) is 0 Å². The fraction of sp³-hybridized carbons (Fsp3) is 0.240. The van der Waals surface area contributed by atoms with Crippen LogP contribution < -0.4 is 5.32 Å². The van der Waals surface area contributed by atoms with Crippen molar-refractivity contribution in [3.05, 3.63) is 101 Å². The zero-order valence-corrected chi connectivity index (χ0v) is 15.7. The molecule has 3 aromatic carbocycles. The summed E-state index contributed by atoms with van der Waals surface area (Å²) in [6.45, 7) is 4.19. The number of carbonyl (C=O) groups excluding carboxylic acids is 1. The molecular formula is C25H23NO. The third-order valence-corrected chi connectivity index (χ3v) is 6.42. The largest absolute Gasteiger partial charge is 0.326 e. The molecule has 2 nitrogen and oxygen atoms in total. The van der Waals surface area contributed by atoms with Crippen LogP contribution in [-0.2, 0) is 4.79 Å². The Bertz CT molecular complexity index is 1010. The molecule has 0 spiro atoms. The molecule has 1 N–H and O–H groups in total. The van der Waals surface area contributed by atoms with Gasteiger partial charge in [0.2, 0.25) is 5.91 Å². The minimum atomic E-state index is -0.461. The molecule has 3 aromatic rings. The second-order valence-corrected chi connectivity index (χ2v) is 8.19. The van der Waals surface area contributed by atoms with Gasteiger partial charge < -0.3 is 5.32 Å². The first-order chi connectivity index (χ1) is 13.1. The van der Waals surface area contributed by atoms with E-state index < -0.39 is 5.41 Å². The third-order valence-electron chi connectivity index (χ3n) is 6.42. The van der Waals surface area contributed by atoms with Gasteiger partial charge in [0.15, 0.2) is 0 Å². The number of aryl methyl sites for hydroxylation is 1. The Morgan fingerprint density at radius 1 is 0.889 bits per heavy atom. The Kier molecular flexibility index (Phi) is 3.51. The molecule has 3 aliphatic carbocycles. The van der Waals surface area contributed by atoms with Crippen molar-refractivity contribution in [1.29, 1.82) is 0 Å². The summed E-state index contributed by atoms with van der Waals surface area (Å²) in [4.78, 5) is 13.5. The average molecular weight is 353 g/mol. The van der Waals surface area contributed by atoms with Crippen molar-refractivity contribution in [1.82, 2.24) is 0 Å². The van der Waals surface area contributed by atoms with Gasteiger partial charge in [-0.3, -0.25) is 4.79 Å². The van der Waals surface area contributed by atoms with Crippen LogP contribution in [0.1, 0.15) is 53.0 Å². The van der Waals surface area contributed by atoms with E-state index in [1.807, 2.05) is 31.2 Å². The molecule has 3 aliphatic rings. The predicted molar refractivity (Wildman–Crippen MR) is 109 cm³/mol. The number of nitrogens with one attached hydrogen (secondary N) is 1. The summed E-state index contributed by atoms with van der Waals surface area (Å²) in [5.41, 5.74) is 6.98. The lowest BCUT2D eigenvalue weighted by molar-refractivity contribution is -0.126. The molecule has 0 heterocycles. The summed E-state index contributed by atoms with van der Waals surface area (Å²) in [5.74, 6) is 0.502. The van der Waals surface area contributed by atoms with Crippen LogP contribution in [-0.4, -0.2) is 5.91 Å². The summed E-state index contributed by atoms with van der Waals surface area (Å²) < 4.78 is 0. The van der Waals surface area contributed by atoms with Crippen LogP contribution in [0.5, 0.6) is 0 Å². The minimum Gasteiger partial charge on any atom is -0.326 e. The van der Waals surface area contributed by atoms with E-state index in [1.165, 1.54) is 22.3 Å². The number of hydrogen-bond donors (Lipinski definition) is 1. The molecule has 2 bridgehead atoms. The molecule has 1 amide bonds. The number of amides is 1. The number of rotatable bonds is 2. The third kappa shape index (κ3) is 2.36. The summed E-state index contributed by atoms with van der Waals surface area (Å²) in [6.07, 6.45) is 0.851. The van der Waals surface area contributed by atoms with Crippen molar-refractivity contribution in [3.8, 4) is 0 Å². The van der Waals surface area contributed by atoms with Gasteiger partial charge in [0, 0.05) is 17.5 Å². The summed E-state index contributed by atoms with van der Waals surface area (Å²) in [6, 6.07) is 25.4. The Balaban J connectivity index is 1.61. The first-order valence-corrected chi connectivity index (χ1v) is 9.64. The van der Waals surface area contributed by atoms with E-state index in [4.69, 9.17) is 0 Å². The van der Waals surface area contributed by atoms with E-state index >= 15 is 0 Å². The Morgan fingerprint density at radius 2 is 1.48 bits per heavy atom. The summed E-state index contributed by atoms with van der Waals surface area (Å²) in [7, 11) is 0. The first kappa shape index (κ1) is 16.3. The highest BCUT2D eigenvalue weighted by atomic mass is 16.2. The van der Waals surface area contributed by atoms with Crippen molar-refractivity contribution >= 4 is 11.6 Å². The smallest absolute Gasteiger partial charge is 0.231 e. The quantitative estimate of drug-likeness (QED) is 0.636. The van der Waals surface area contributed by atoms with Crippen LogP contribution in [0.15, 0.2) is 72.8 Å². The molecule has 1 atom stereocenters. The maximum atomic E-state index is 13.5. The second kappa shape index (κ2) is 5.82. The van der Waals surface area contributed by atoms with E-state index in [2.05, 4.69) is 60.8 Å². The van der Waals surface area contributed by atoms with E-state index in [-0.39, 0.29) is 17.7 Å². The molecular weight excluding hydrogens is 330 g/mol. The molecule has 0 aliphatic heterocycles. The van der Waals surface area contributed by atoms with Crippen molar-refractivity contribution < 1.29 is 4.79 Å². The number of carbonyl (C=O) groups is 1. The number of anilines is 1. The molecule has 1 unspecified atom stereocenters. The fourth-order valence-corrected chi connectivity index (χ4v) is 5.19. The molecule has 0 aromatic heterocycles. The van der Waals surface area contributed by atoms with Crippen molar-refractivity contribution in [2.75, 3.05) is 5.32 Å². The van der Waals surface area contributed by atoms with Gasteiger partial charge in [0.1, 0.15) is 0 Å². The maximum absolute atomic E-state index is 13.5. The van der Waals surface area contributed by atoms with E-state index in [0.717, 1.165) is 17.7 Å². The van der Waals surface area contributed by atoms with Crippen LogP contribution in [0.3, 0.4) is 0 Å². The minimum absolute atomic E-state index is 0.0970. The first-order valence-electron chi connectivity index (χ1n) is 9.64. The van der Waals surface area contributed by atoms with Crippen molar-refractivity contribution in [2.24, 2.45) is 5.41 Å². The zero-order valence-electron chi connectivity index (χ0n) is 15.7. The average Bonchev–Trinajstić information content (AvgIpc) is 2.68. The summed E-state index contributed by atoms with van der Waals surface area (Å²) >= 11 is 0. The van der Waals surface area contributed by atoms with Gasteiger partial charge in [0.25, 0.3) is 0 Å². The van der Waals surface area contributed by atoms with Gasteiger partial charge in [-0.05, 0) is 60.2 Å². The number of fused-ring (bicyclic) bond motifs is 1. The molecule has 27 heavy (non-hydrogen) atoms. The highest BCUT2D eigenvalue weighted by Gasteiger charge is 2.53. The van der Waals surface area contributed by atoms with Gasteiger partial charge in [-0.25, -0.2) is 0 Å². The Hall–Kier alpha value is -2.87. The monoisotopic (exact) mass is 353 g/mol. The van der Waals surface area contributed by atoms with Crippen LogP contribution in [0.25, 0.3) is 0 Å². The van der Waals surface area contributed by atoms with Gasteiger partial charge in [0.05, 0.1) is 5.41 Å². The second-order valence-electron chi connectivity index (χ2n) is 8.19. The van der Waals surface area contributed by atoms with Crippen molar-refractivity contribution in [2.45, 2.75) is 32.1 Å². The number of benzene rings is 3. The standard InChI is InChI=1S/C25H23NO/c1-16-8-7-9-17(14-16)26-24(27)25(2)15-22-18-10-3-5-12-20(18)23(25)21-13-6-4-11-19(21)22/h3-14,22-23H,15H2,1-2H3,(H,26,27). The molecule has 0 radical (unpaired) electrons. The molecule has 2 heteroatoms. The lowest BCUT2D eigenvalue weighted by Gasteiger charge is -2.50. The van der Waals surface area contributed by atoms with Gasteiger partial charge in [-0.1, -0.05) is 60.7 Å². The SMILES string of the molecule is Cc1cccc(NC(=O)C2(C)CC3c4ccccc4C2c2ccccc23)c1. The molecule has 6 rings (SSSR count). The topological polar surface area (TPSA) is 29.1 Å². The maximum Gasteiger partial charge on any atom is 0.231 e. The molecule has 134 valence electrons. The van der Waals surface area contributed by atoms with E-state index in [9.17, 15) is 4.79 Å². The lowest BCUT2D eigenvalue weighted by Crippen LogP contribution is -2.47. The van der Waals surface area contributed by atoms with Crippen LogP contribution in [0.4, 0.5) is 5.69 Å². The van der Waals surface area contributed by atoms with Crippen LogP contribution >= 0.6 is 0 Å². The highest BCUT2D eigenvalue weighted by molar-refractivity contribution is 5.97. The fourth-order valence-electron chi connectivity index (χ4n) is 5.19. The van der Waals surface area contributed by atoms with E-state index in [1.54, 1.807) is 0 Å². The van der Waals surface area contributed by atoms with Crippen LogP contribution in [0, 0.1) is 12.3 Å².